The second-order valence-electron chi connectivity index (χ2n) is 5.02. The topological polar surface area (TPSA) is 20.3 Å². The molecule has 5 heteroatoms. The lowest BCUT2D eigenvalue weighted by Crippen LogP contribution is -2.32. The molecule has 0 aliphatic rings. The quantitative estimate of drug-likeness (QED) is 0.773. The Morgan fingerprint density at radius 3 is 2.45 bits per heavy atom. The fourth-order valence-corrected chi connectivity index (χ4v) is 3.06. The predicted octanol–water partition coefficient (Wildman–Crippen LogP) is 4.10. The molecule has 0 aromatic heterocycles. The normalized spacial score (nSPS) is 12.0. The summed E-state index contributed by atoms with van der Waals surface area (Å²) in [6.07, 6.45) is 0. The van der Waals surface area contributed by atoms with Gasteiger partial charge >= 0.3 is 0 Å². The average Bonchev–Trinajstić information content (AvgIpc) is 2.51. The Labute approximate surface area is 133 Å². The van der Waals surface area contributed by atoms with Gasteiger partial charge in [0.1, 0.15) is 0 Å². The highest BCUT2D eigenvalue weighted by Crippen LogP contribution is 2.26. The van der Waals surface area contributed by atoms with Crippen molar-refractivity contribution in [3.8, 4) is 0 Å². The second-order valence-corrected chi connectivity index (χ2v) is 6.43. The van der Waals surface area contributed by atoms with Gasteiger partial charge in [0.15, 0.2) is 11.6 Å². The van der Waals surface area contributed by atoms with Gasteiger partial charge in [0.05, 0.1) is 5.25 Å². The summed E-state index contributed by atoms with van der Waals surface area (Å²) in [5.41, 5.74) is 1.04. The van der Waals surface area contributed by atoms with E-state index in [2.05, 4.69) is 0 Å². The highest BCUT2D eigenvalue weighted by atomic mass is 32.2. The SMILES string of the molecule is CC(Sc1ccc(F)c(F)c1)C(=O)N(C)Cc1ccccc1. The lowest BCUT2D eigenvalue weighted by Gasteiger charge is -2.21. The first-order chi connectivity index (χ1) is 10.5. The molecule has 0 fully saturated rings. The highest BCUT2D eigenvalue weighted by molar-refractivity contribution is 8.00. The van der Waals surface area contributed by atoms with Crippen molar-refractivity contribution in [1.29, 1.82) is 0 Å². The Kier molecular flexibility index (Phi) is 5.55. The summed E-state index contributed by atoms with van der Waals surface area (Å²) in [4.78, 5) is 14.5. The zero-order valence-corrected chi connectivity index (χ0v) is 13.2. The van der Waals surface area contributed by atoms with E-state index in [1.54, 1.807) is 18.9 Å². The molecule has 0 spiro atoms. The van der Waals surface area contributed by atoms with Gasteiger partial charge in [0, 0.05) is 18.5 Å². The molecule has 1 unspecified atom stereocenters. The van der Waals surface area contributed by atoms with E-state index < -0.39 is 11.6 Å². The number of amides is 1. The number of nitrogens with zero attached hydrogens (tertiary/aromatic N) is 1. The van der Waals surface area contributed by atoms with E-state index >= 15 is 0 Å². The van der Waals surface area contributed by atoms with Crippen LogP contribution in [-0.4, -0.2) is 23.1 Å². The zero-order chi connectivity index (χ0) is 16.1. The molecule has 0 radical (unpaired) electrons. The van der Waals surface area contributed by atoms with Crippen LogP contribution in [0.1, 0.15) is 12.5 Å². The minimum Gasteiger partial charge on any atom is -0.340 e. The van der Waals surface area contributed by atoms with Gasteiger partial charge < -0.3 is 4.90 Å². The van der Waals surface area contributed by atoms with E-state index in [0.29, 0.717) is 11.4 Å². The number of halogens is 2. The van der Waals surface area contributed by atoms with Crippen LogP contribution in [0.5, 0.6) is 0 Å². The number of hydrogen-bond donors (Lipinski definition) is 0. The molecule has 1 amide bonds. The second kappa shape index (κ2) is 7.40. The molecule has 0 bridgehead atoms. The van der Waals surface area contributed by atoms with Gasteiger partial charge in [-0.2, -0.15) is 0 Å². The molecule has 22 heavy (non-hydrogen) atoms. The number of thioether (sulfide) groups is 1. The number of hydrogen-bond acceptors (Lipinski definition) is 2. The lowest BCUT2D eigenvalue weighted by atomic mass is 10.2. The summed E-state index contributed by atoms with van der Waals surface area (Å²) in [7, 11) is 1.73. The smallest absolute Gasteiger partial charge is 0.235 e. The van der Waals surface area contributed by atoms with Crippen LogP contribution in [0.15, 0.2) is 53.4 Å². The molecule has 0 heterocycles. The van der Waals surface area contributed by atoms with Crippen LogP contribution < -0.4 is 0 Å². The Balaban J connectivity index is 1.97. The molecule has 0 saturated carbocycles. The largest absolute Gasteiger partial charge is 0.340 e. The number of benzene rings is 2. The third-order valence-corrected chi connectivity index (χ3v) is 4.27. The Morgan fingerprint density at radius 2 is 1.82 bits per heavy atom. The maximum atomic E-state index is 13.2. The molecular weight excluding hydrogens is 304 g/mol. The van der Waals surface area contributed by atoms with Crippen molar-refractivity contribution in [2.24, 2.45) is 0 Å². The summed E-state index contributed by atoms with van der Waals surface area (Å²) in [6.45, 7) is 2.28. The first-order valence-electron chi connectivity index (χ1n) is 6.88. The molecule has 0 N–H and O–H groups in total. The monoisotopic (exact) mass is 321 g/mol. The van der Waals surface area contributed by atoms with Crippen molar-refractivity contribution in [2.75, 3.05) is 7.05 Å². The van der Waals surface area contributed by atoms with E-state index in [-0.39, 0.29) is 11.2 Å². The molecular formula is C17H17F2NOS. The summed E-state index contributed by atoms with van der Waals surface area (Å²) < 4.78 is 26.1. The summed E-state index contributed by atoms with van der Waals surface area (Å²) >= 11 is 1.22. The van der Waals surface area contributed by atoms with E-state index in [1.165, 1.54) is 17.8 Å². The first kappa shape index (κ1) is 16.5. The fraction of sp³-hybridized carbons (Fsp3) is 0.235. The van der Waals surface area contributed by atoms with Crippen molar-refractivity contribution in [2.45, 2.75) is 23.6 Å². The molecule has 2 aromatic rings. The fourth-order valence-electron chi connectivity index (χ4n) is 2.05. The van der Waals surface area contributed by atoms with Gasteiger partial charge in [-0.05, 0) is 30.7 Å². The van der Waals surface area contributed by atoms with Crippen LogP contribution in [-0.2, 0) is 11.3 Å². The molecule has 0 aliphatic heterocycles. The first-order valence-corrected chi connectivity index (χ1v) is 7.76. The Bertz CT molecular complexity index is 648. The zero-order valence-electron chi connectivity index (χ0n) is 12.4. The van der Waals surface area contributed by atoms with Crippen molar-refractivity contribution in [3.63, 3.8) is 0 Å². The minimum atomic E-state index is -0.901. The maximum absolute atomic E-state index is 13.2. The minimum absolute atomic E-state index is 0.0569. The van der Waals surface area contributed by atoms with Gasteiger partial charge in [0.2, 0.25) is 5.91 Å². The van der Waals surface area contributed by atoms with Gasteiger partial charge in [-0.15, -0.1) is 11.8 Å². The van der Waals surface area contributed by atoms with Crippen molar-refractivity contribution in [1.82, 2.24) is 4.90 Å². The maximum Gasteiger partial charge on any atom is 0.235 e. The van der Waals surface area contributed by atoms with Gasteiger partial charge in [0.25, 0.3) is 0 Å². The average molecular weight is 321 g/mol. The van der Waals surface area contributed by atoms with Crippen molar-refractivity contribution in [3.05, 3.63) is 65.7 Å². The summed E-state index contributed by atoms with van der Waals surface area (Å²) in [6, 6.07) is 13.3. The van der Waals surface area contributed by atoms with E-state index in [4.69, 9.17) is 0 Å². The van der Waals surface area contributed by atoms with Gasteiger partial charge in [-0.1, -0.05) is 30.3 Å². The lowest BCUT2D eigenvalue weighted by molar-refractivity contribution is -0.129. The van der Waals surface area contributed by atoms with Crippen LogP contribution >= 0.6 is 11.8 Å². The Hall–Kier alpha value is -1.88. The molecule has 116 valence electrons. The van der Waals surface area contributed by atoms with Crippen LogP contribution in [0.25, 0.3) is 0 Å². The molecule has 2 rings (SSSR count). The summed E-state index contributed by atoms with van der Waals surface area (Å²) in [5, 5.41) is -0.376. The van der Waals surface area contributed by atoms with E-state index in [0.717, 1.165) is 17.7 Å². The molecule has 2 nitrogen and oxygen atoms in total. The van der Waals surface area contributed by atoms with Crippen molar-refractivity contribution < 1.29 is 13.6 Å². The standard InChI is InChI=1S/C17H17F2NOS/c1-12(22-14-8-9-15(18)16(19)10-14)17(21)20(2)11-13-6-4-3-5-7-13/h3-10,12H,11H2,1-2H3. The highest BCUT2D eigenvalue weighted by Gasteiger charge is 2.19. The third kappa shape index (κ3) is 4.31. The van der Waals surface area contributed by atoms with Gasteiger partial charge in [-0.25, -0.2) is 8.78 Å². The van der Waals surface area contributed by atoms with Gasteiger partial charge in [-0.3, -0.25) is 4.79 Å². The number of rotatable bonds is 5. The molecule has 1 atom stereocenters. The summed E-state index contributed by atoms with van der Waals surface area (Å²) in [5.74, 6) is -1.84. The van der Waals surface area contributed by atoms with Crippen molar-refractivity contribution >= 4 is 17.7 Å². The van der Waals surface area contributed by atoms with Crippen LogP contribution in [0.4, 0.5) is 8.78 Å². The van der Waals surface area contributed by atoms with E-state index in [1.807, 2.05) is 30.3 Å². The third-order valence-electron chi connectivity index (χ3n) is 3.19. The van der Waals surface area contributed by atoms with Crippen LogP contribution in [0.3, 0.4) is 0 Å². The molecule has 0 aliphatic carbocycles. The molecule has 0 saturated heterocycles. The Morgan fingerprint density at radius 1 is 1.14 bits per heavy atom. The number of carbonyl (C=O) groups excluding carboxylic acids is 1. The van der Waals surface area contributed by atoms with E-state index in [9.17, 15) is 13.6 Å². The predicted molar refractivity (Wildman–Crippen MR) is 84.6 cm³/mol. The number of carbonyl (C=O) groups is 1. The van der Waals surface area contributed by atoms with Crippen LogP contribution in [0, 0.1) is 11.6 Å². The van der Waals surface area contributed by atoms with Crippen LogP contribution in [0.2, 0.25) is 0 Å². The molecule has 2 aromatic carbocycles.